The topological polar surface area (TPSA) is 357 Å². The summed E-state index contributed by atoms with van der Waals surface area (Å²) < 4.78 is 84.2. The van der Waals surface area contributed by atoms with Crippen LogP contribution in [0.4, 0.5) is 0 Å². The molecule has 0 aromatic heterocycles. The van der Waals surface area contributed by atoms with Gasteiger partial charge >= 0.3 is 25.7 Å². The Hall–Kier alpha value is -3.06. The summed E-state index contributed by atoms with van der Waals surface area (Å²) in [5, 5.41) is 55.5. The first kappa shape index (κ1) is 69.0. The van der Waals surface area contributed by atoms with Gasteiger partial charge in [0, 0.05) is 59.0 Å². The first-order valence-corrected chi connectivity index (χ1v) is 29.6. The summed E-state index contributed by atoms with van der Waals surface area (Å²) in [5.74, 6) is -2.79. The molecule has 8 N–H and O–H groups in total. The minimum Gasteiger partial charge on any atom is -0.458 e. The number of carbonyl (C=O) groups excluding carboxylic acids is 3. The van der Waals surface area contributed by atoms with Crippen molar-refractivity contribution in [3.05, 3.63) is 71.8 Å². The average Bonchev–Trinajstić information content (AvgIpc) is 4.19. The maximum Gasteiger partial charge on any atom is 0.469 e. The van der Waals surface area contributed by atoms with Crippen molar-refractivity contribution in [2.24, 2.45) is 5.92 Å². The predicted octanol–water partition coefficient (Wildman–Crippen LogP) is 2.79. The summed E-state index contributed by atoms with van der Waals surface area (Å²) in [6.07, 6.45) is -9.13. The van der Waals surface area contributed by atoms with Crippen LogP contribution in [-0.4, -0.2) is 198 Å². The van der Waals surface area contributed by atoms with Gasteiger partial charge in [0.05, 0.1) is 33.0 Å². The first-order chi connectivity index (χ1) is 33.8. The molecule has 5 fully saturated rings. The third kappa shape index (κ3) is 25.9. The molecule has 0 spiro atoms. The second-order valence-electron chi connectivity index (χ2n) is 17.6. The van der Waals surface area contributed by atoms with E-state index in [0.29, 0.717) is 6.61 Å². The lowest BCUT2D eigenvalue weighted by Gasteiger charge is -2.39. The number of aliphatic hydroxyl groups is 6. The van der Waals surface area contributed by atoms with Crippen LogP contribution in [0.15, 0.2) is 60.7 Å². The van der Waals surface area contributed by atoms with E-state index in [1.165, 1.54) is 52.3 Å². The Morgan fingerprint density at radius 1 is 0.581 bits per heavy atom. The van der Waals surface area contributed by atoms with Crippen LogP contribution in [0.1, 0.15) is 58.6 Å². The zero-order valence-electron chi connectivity index (χ0n) is 40.8. The van der Waals surface area contributed by atoms with Gasteiger partial charge in [-0.05, 0) is 36.8 Å². The van der Waals surface area contributed by atoms with Crippen LogP contribution >= 0.6 is 22.6 Å². The van der Waals surface area contributed by atoms with Gasteiger partial charge < -0.3 is 82.6 Å². The second kappa shape index (κ2) is 34.0. The number of phosphoric acid groups is 1. The van der Waals surface area contributed by atoms with Crippen molar-refractivity contribution >= 4 is 40.5 Å². The van der Waals surface area contributed by atoms with Gasteiger partial charge in [-0.1, -0.05) is 82.4 Å². The number of rotatable bonds is 17. The van der Waals surface area contributed by atoms with E-state index in [1.54, 1.807) is 0 Å². The van der Waals surface area contributed by atoms with Crippen LogP contribution < -0.4 is 0 Å². The van der Waals surface area contributed by atoms with E-state index in [2.05, 4.69) is 14.0 Å². The Labute approximate surface area is 433 Å². The molecule has 7 rings (SSSR count). The van der Waals surface area contributed by atoms with Gasteiger partial charge in [-0.25, -0.2) is 18.9 Å². The lowest BCUT2D eigenvalue weighted by atomic mass is 9.91. The number of hydrogen-bond donors (Lipinski definition) is 8. The zero-order chi connectivity index (χ0) is 53.6. The van der Waals surface area contributed by atoms with Gasteiger partial charge in [-0.15, -0.1) is 0 Å². The average molecular weight is 1120 g/mol. The molecule has 5 saturated heterocycles. The highest BCUT2D eigenvalue weighted by atomic mass is 31.2. The van der Waals surface area contributed by atoms with Crippen molar-refractivity contribution in [3.8, 4) is 0 Å². The van der Waals surface area contributed by atoms with E-state index in [9.17, 15) is 48.5 Å². The zero-order valence-corrected chi connectivity index (χ0v) is 43.5. The molecule has 426 valence electrons. The molecule has 0 amide bonds. The fourth-order valence-electron chi connectivity index (χ4n) is 6.75. The number of aliphatic hydroxyl groups excluding tert-OH is 6. The summed E-state index contributed by atoms with van der Waals surface area (Å²) in [4.78, 5) is 51.1. The van der Waals surface area contributed by atoms with Crippen LogP contribution in [0.3, 0.4) is 0 Å². The predicted molar refractivity (Wildman–Crippen MR) is 267 cm³/mol. The third-order valence-corrected chi connectivity index (χ3v) is 12.7. The standard InChI is InChI=1S/C23H29O6P.C8H15O7P.C6H11O9P.2C4H8O.2CH4/c1-17-20(16-28-30(2,3)25)29-23(24)22(27-15-19-12-8-5-9-13-19)21(17)26-14-18-10-6-4-7-11-18;1-16(2,13)14-3-4(9)7-5(10)6(11)8(12)15-7;7-2(1-14-16(11,12)13)5-3(8)4(9)6(10)15-5;2*1-2-4-5-3-1;;/h4-13,17,20-22H,14-16H2,1-3H3;4-7,9-11H,3H2,1-2H3;2-5,7-9H,1H2,(H2,11,12,13);2*1-4H2;2*1H4/t17-,20?,21+,22?;4-,5-,6?,7-;2-,3-,4?,5-;;;;/m111..../s1. The van der Waals surface area contributed by atoms with E-state index in [-0.39, 0.29) is 40.6 Å². The van der Waals surface area contributed by atoms with Gasteiger partial charge in [0.15, 0.2) is 45.3 Å². The number of esters is 3. The van der Waals surface area contributed by atoms with E-state index >= 15 is 0 Å². The van der Waals surface area contributed by atoms with Crippen molar-refractivity contribution in [2.75, 3.05) is 72.9 Å². The molecule has 2 aromatic carbocycles. The number of cyclic esters (lactones) is 3. The lowest BCUT2D eigenvalue weighted by Crippen LogP contribution is -2.54. The summed E-state index contributed by atoms with van der Waals surface area (Å²) >= 11 is 0. The molecule has 27 heteroatoms. The fraction of sp³-hybridized carbons (Fsp3) is 0.681. The molecular formula is C47H79O24P3. The summed E-state index contributed by atoms with van der Waals surface area (Å²) in [5.41, 5.74) is 1.97. The van der Waals surface area contributed by atoms with Crippen LogP contribution in [0.5, 0.6) is 0 Å². The van der Waals surface area contributed by atoms with Crippen LogP contribution in [-0.2, 0) is 88.0 Å². The number of ether oxygens (including phenoxy) is 7. The lowest BCUT2D eigenvalue weighted by molar-refractivity contribution is -0.210. The van der Waals surface area contributed by atoms with Crippen LogP contribution in [0, 0.1) is 5.92 Å². The number of carbonyl (C=O) groups is 3. The summed E-state index contributed by atoms with van der Waals surface area (Å²) in [7, 11) is -10.2. The highest BCUT2D eigenvalue weighted by molar-refractivity contribution is 7.57. The minimum atomic E-state index is -4.75. The van der Waals surface area contributed by atoms with E-state index in [0.717, 1.165) is 37.6 Å². The van der Waals surface area contributed by atoms with Gasteiger partial charge in [0.1, 0.15) is 36.6 Å². The fourth-order valence-corrected chi connectivity index (χ4v) is 8.11. The van der Waals surface area contributed by atoms with Crippen molar-refractivity contribution < 1.29 is 115 Å². The van der Waals surface area contributed by atoms with E-state index < -0.39 is 114 Å². The molecule has 74 heavy (non-hydrogen) atoms. The summed E-state index contributed by atoms with van der Waals surface area (Å²) in [6, 6.07) is 19.4. The van der Waals surface area contributed by atoms with Crippen molar-refractivity contribution in [1.82, 2.24) is 0 Å². The Morgan fingerprint density at radius 2 is 0.973 bits per heavy atom. The summed E-state index contributed by atoms with van der Waals surface area (Å²) in [6.45, 7) is 11.3. The number of phosphoric ester groups is 1. The van der Waals surface area contributed by atoms with Crippen LogP contribution in [0.25, 0.3) is 0 Å². The quantitative estimate of drug-likeness (QED) is 0.0641. The Bertz CT molecular complexity index is 1960. The SMILES string of the molecule is C.C.C1CCOC1.C1CCOC1.CP(C)(=O)OC[C@@H](O)[C@H]1OC(=O)C(O)[C@H]1O.C[C@@H]1C(COP(C)(C)=O)OC(=O)C(OCc2ccccc2)[C@H]1OCc1ccccc1.O=C1O[C@H]([C@H](O)COP(=O)(O)O)[C@H](O)C1O. The molecule has 2 aromatic rings. The first-order valence-electron chi connectivity index (χ1n) is 23.0. The van der Waals surface area contributed by atoms with Crippen molar-refractivity contribution in [3.63, 3.8) is 0 Å². The third-order valence-electron chi connectivity index (χ3n) is 10.7. The maximum atomic E-state index is 12.8. The Balaban J connectivity index is 0.000000527. The minimum absolute atomic E-state index is 0. The molecule has 5 aliphatic heterocycles. The Kier molecular flexibility index (Phi) is 31.6. The van der Waals surface area contributed by atoms with Gasteiger partial charge in [-0.3, -0.25) is 13.7 Å². The van der Waals surface area contributed by atoms with Crippen LogP contribution in [0.2, 0.25) is 0 Å². The highest BCUT2D eigenvalue weighted by Gasteiger charge is 2.48. The molecule has 0 radical (unpaired) electrons. The Morgan fingerprint density at radius 3 is 1.31 bits per heavy atom. The van der Waals surface area contributed by atoms with E-state index in [4.69, 9.17) is 52.7 Å². The van der Waals surface area contributed by atoms with Crippen molar-refractivity contribution in [1.29, 1.82) is 0 Å². The number of benzene rings is 2. The molecule has 4 unspecified atom stereocenters. The number of hydrogen-bond acceptors (Lipinski definition) is 22. The largest absolute Gasteiger partial charge is 0.469 e. The van der Waals surface area contributed by atoms with Gasteiger partial charge in [-0.2, -0.15) is 0 Å². The molecule has 5 heterocycles. The molecule has 0 aliphatic carbocycles. The highest BCUT2D eigenvalue weighted by Crippen LogP contribution is 2.40. The molecular weight excluding hydrogens is 1040 g/mol. The molecule has 12 atom stereocenters. The van der Waals surface area contributed by atoms with Gasteiger partial charge in [0.2, 0.25) is 0 Å². The second-order valence-corrected chi connectivity index (χ2v) is 24.4. The monoisotopic (exact) mass is 1120 g/mol. The maximum absolute atomic E-state index is 12.8. The molecule has 0 saturated carbocycles. The van der Waals surface area contributed by atoms with E-state index in [1.807, 2.05) is 67.6 Å². The van der Waals surface area contributed by atoms with Gasteiger partial charge in [0.25, 0.3) is 0 Å². The molecule has 5 aliphatic rings. The molecule has 24 nitrogen and oxygen atoms in total. The molecule has 0 bridgehead atoms. The smallest absolute Gasteiger partial charge is 0.458 e. The van der Waals surface area contributed by atoms with Crippen molar-refractivity contribution in [2.45, 2.75) is 128 Å². The normalized spacial score (nSPS) is 27.2.